The van der Waals surface area contributed by atoms with E-state index in [1.807, 2.05) is 13.8 Å². The average molecular weight is 282 g/mol. The van der Waals surface area contributed by atoms with Gasteiger partial charge in [0.15, 0.2) is 0 Å². The molecule has 0 radical (unpaired) electrons. The highest BCUT2D eigenvalue weighted by Gasteiger charge is 2.36. The van der Waals surface area contributed by atoms with Gasteiger partial charge in [-0.05, 0) is 50.4 Å². The molecule has 0 saturated heterocycles. The number of esters is 1. The van der Waals surface area contributed by atoms with Crippen LogP contribution in [0, 0.1) is 16.7 Å². The van der Waals surface area contributed by atoms with E-state index in [0.717, 1.165) is 32.0 Å². The van der Waals surface area contributed by atoms with Crippen molar-refractivity contribution in [3.05, 3.63) is 0 Å². The van der Waals surface area contributed by atoms with Gasteiger partial charge in [0, 0.05) is 6.42 Å². The Morgan fingerprint density at radius 1 is 1.15 bits per heavy atom. The summed E-state index contributed by atoms with van der Waals surface area (Å²) in [4.78, 5) is 23.0. The van der Waals surface area contributed by atoms with Gasteiger partial charge in [-0.15, -0.1) is 0 Å². The summed E-state index contributed by atoms with van der Waals surface area (Å²) >= 11 is 0. The summed E-state index contributed by atoms with van der Waals surface area (Å²) in [7, 11) is 0. The first kappa shape index (κ1) is 17.2. The van der Waals surface area contributed by atoms with Crippen LogP contribution < -0.4 is 0 Å². The van der Waals surface area contributed by atoms with Gasteiger partial charge in [0.05, 0.1) is 5.41 Å². The molecular formula is C17H30O3. The van der Waals surface area contributed by atoms with Crippen LogP contribution in [0.1, 0.15) is 73.1 Å². The van der Waals surface area contributed by atoms with Crippen LogP contribution in [0.2, 0.25) is 0 Å². The Morgan fingerprint density at radius 3 is 2.10 bits per heavy atom. The van der Waals surface area contributed by atoms with Gasteiger partial charge < -0.3 is 9.53 Å². The maximum absolute atomic E-state index is 12.3. The van der Waals surface area contributed by atoms with Crippen molar-refractivity contribution in [1.82, 2.24) is 0 Å². The molecule has 1 aliphatic carbocycles. The highest BCUT2D eigenvalue weighted by molar-refractivity contribution is 5.79. The lowest BCUT2D eigenvalue weighted by Gasteiger charge is -2.37. The molecule has 3 nitrogen and oxygen atoms in total. The lowest BCUT2D eigenvalue weighted by Crippen LogP contribution is -2.36. The summed E-state index contributed by atoms with van der Waals surface area (Å²) in [6.07, 6.45) is 5.90. The van der Waals surface area contributed by atoms with Crippen LogP contribution in [0.15, 0.2) is 0 Å². The molecule has 0 spiro atoms. The van der Waals surface area contributed by atoms with Crippen molar-refractivity contribution >= 4 is 12.3 Å². The van der Waals surface area contributed by atoms with Crippen LogP contribution in [0.4, 0.5) is 0 Å². The van der Waals surface area contributed by atoms with Gasteiger partial charge in [0.25, 0.3) is 0 Å². The van der Waals surface area contributed by atoms with E-state index in [9.17, 15) is 9.59 Å². The van der Waals surface area contributed by atoms with Crippen LogP contribution in [0.3, 0.4) is 0 Å². The van der Waals surface area contributed by atoms with Crippen molar-refractivity contribution in [2.24, 2.45) is 16.7 Å². The number of aldehydes is 1. The summed E-state index contributed by atoms with van der Waals surface area (Å²) in [5.74, 6) is 0.510. The summed E-state index contributed by atoms with van der Waals surface area (Å²) in [6.45, 7) is 10.6. The fraction of sp³-hybridized carbons (Fsp3) is 0.882. The zero-order chi connectivity index (χ0) is 15.4. The maximum atomic E-state index is 12.3. The zero-order valence-corrected chi connectivity index (χ0v) is 13.7. The van der Waals surface area contributed by atoms with Crippen molar-refractivity contribution in [1.29, 1.82) is 0 Å². The lowest BCUT2D eigenvalue weighted by molar-refractivity contribution is -0.164. The van der Waals surface area contributed by atoms with Gasteiger partial charge in [-0.1, -0.05) is 27.7 Å². The third-order valence-corrected chi connectivity index (χ3v) is 4.98. The number of rotatable bonds is 5. The molecule has 0 N–H and O–H groups in total. The molecule has 116 valence electrons. The predicted octanol–water partition coefficient (Wildman–Crippen LogP) is 4.14. The number of ether oxygens (including phenoxy) is 1. The van der Waals surface area contributed by atoms with E-state index in [-0.39, 0.29) is 18.5 Å². The highest BCUT2D eigenvalue weighted by atomic mass is 16.5. The number of carbonyl (C=O) groups is 2. The molecule has 1 rings (SSSR count). The van der Waals surface area contributed by atoms with E-state index in [2.05, 4.69) is 20.8 Å². The van der Waals surface area contributed by atoms with E-state index in [1.165, 1.54) is 0 Å². The van der Waals surface area contributed by atoms with Crippen molar-refractivity contribution in [3.8, 4) is 0 Å². The Labute approximate surface area is 123 Å². The third kappa shape index (κ3) is 4.32. The van der Waals surface area contributed by atoms with E-state index in [1.54, 1.807) is 0 Å². The molecule has 1 fully saturated rings. The predicted molar refractivity (Wildman–Crippen MR) is 80.4 cm³/mol. The molecule has 1 aliphatic rings. The number of hydrogen-bond acceptors (Lipinski definition) is 3. The van der Waals surface area contributed by atoms with E-state index >= 15 is 0 Å². The second kappa shape index (κ2) is 6.73. The maximum Gasteiger partial charge on any atom is 0.312 e. The molecule has 0 bridgehead atoms. The molecule has 0 amide bonds. The standard InChI is InChI=1S/C17H30O3/c1-6-17(5,11-12-18)15(19)20-14-9-7-13(8-10-14)16(2,3)4/h12-14H,6-11H2,1-5H3. The number of hydrogen-bond donors (Lipinski definition) is 0. The molecule has 0 aromatic rings. The molecule has 0 aromatic heterocycles. The summed E-state index contributed by atoms with van der Waals surface area (Å²) < 4.78 is 5.66. The van der Waals surface area contributed by atoms with E-state index in [4.69, 9.17) is 4.74 Å². The van der Waals surface area contributed by atoms with Crippen LogP contribution in [0.5, 0.6) is 0 Å². The fourth-order valence-electron chi connectivity index (χ4n) is 2.90. The molecule has 1 unspecified atom stereocenters. The Hall–Kier alpha value is -0.860. The summed E-state index contributed by atoms with van der Waals surface area (Å²) in [5.41, 5.74) is -0.312. The molecule has 3 heteroatoms. The molecule has 0 aromatic carbocycles. The zero-order valence-electron chi connectivity index (χ0n) is 13.7. The second-order valence-electron chi connectivity index (χ2n) is 7.53. The van der Waals surface area contributed by atoms with Gasteiger partial charge in [-0.25, -0.2) is 0 Å². The molecule has 0 aliphatic heterocycles. The van der Waals surface area contributed by atoms with Gasteiger partial charge in [0.1, 0.15) is 12.4 Å². The molecular weight excluding hydrogens is 252 g/mol. The SMILES string of the molecule is CCC(C)(CC=O)C(=O)OC1CCC(C(C)(C)C)CC1. The molecule has 1 atom stereocenters. The smallest absolute Gasteiger partial charge is 0.312 e. The van der Waals surface area contributed by atoms with Crippen molar-refractivity contribution in [3.63, 3.8) is 0 Å². The average Bonchev–Trinajstić information content (AvgIpc) is 2.38. The normalized spacial score (nSPS) is 26.6. The van der Waals surface area contributed by atoms with Crippen LogP contribution in [0.25, 0.3) is 0 Å². The largest absolute Gasteiger partial charge is 0.462 e. The minimum Gasteiger partial charge on any atom is -0.462 e. The van der Waals surface area contributed by atoms with E-state index < -0.39 is 5.41 Å². The quantitative estimate of drug-likeness (QED) is 0.562. The third-order valence-electron chi connectivity index (χ3n) is 4.98. The Kier molecular flexibility index (Phi) is 5.79. The summed E-state index contributed by atoms with van der Waals surface area (Å²) in [5, 5.41) is 0. The van der Waals surface area contributed by atoms with Crippen molar-refractivity contribution in [2.45, 2.75) is 79.2 Å². The fourth-order valence-corrected chi connectivity index (χ4v) is 2.90. The Bertz CT molecular complexity index is 335. The van der Waals surface area contributed by atoms with Crippen molar-refractivity contribution < 1.29 is 14.3 Å². The first-order chi connectivity index (χ1) is 9.23. The van der Waals surface area contributed by atoms with Gasteiger partial charge in [-0.3, -0.25) is 4.79 Å². The Morgan fingerprint density at radius 2 is 1.70 bits per heavy atom. The topological polar surface area (TPSA) is 43.4 Å². The highest BCUT2D eigenvalue weighted by Crippen LogP contribution is 2.39. The first-order valence-electron chi connectivity index (χ1n) is 7.87. The molecule has 0 heterocycles. The van der Waals surface area contributed by atoms with Gasteiger partial charge in [0.2, 0.25) is 0 Å². The van der Waals surface area contributed by atoms with Crippen LogP contribution >= 0.6 is 0 Å². The minimum atomic E-state index is -0.650. The summed E-state index contributed by atoms with van der Waals surface area (Å²) in [6, 6.07) is 0. The van der Waals surface area contributed by atoms with Crippen LogP contribution in [-0.4, -0.2) is 18.4 Å². The van der Waals surface area contributed by atoms with E-state index in [0.29, 0.717) is 17.8 Å². The Balaban J connectivity index is 2.51. The minimum absolute atomic E-state index is 0.0404. The monoisotopic (exact) mass is 282 g/mol. The molecule has 20 heavy (non-hydrogen) atoms. The molecule has 1 saturated carbocycles. The van der Waals surface area contributed by atoms with Crippen LogP contribution in [-0.2, 0) is 14.3 Å². The second-order valence-corrected chi connectivity index (χ2v) is 7.53. The lowest BCUT2D eigenvalue weighted by atomic mass is 9.72. The first-order valence-corrected chi connectivity index (χ1v) is 7.87. The van der Waals surface area contributed by atoms with Gasteiger partial charge >= 0.3 is 5.97 Å². The number of carbonyl (C=O) groups excluding carboxylic acids is 2. The van der Waals surface area contributed by atoms with Gasteiger partial charge in [-0.2, -0.15) is 0 Å². The van der Waals surface area contributed by atoms with Crippen molar-refractivity contribution in [2.75, 3.05) is 0 Å².